The van der Waals surface area contributed by atoms with E-state index < -0.39 is 0 Å². The zero-order valence-electron chi connectivity index (χ0n) is 55.2. The lowest BCUT2D eigenvalue weighted by Crippen LogP contribution is -2.64. The summed E-state index contributed by atoms with van der Waals surface area (Å²) in [5, 5.41) is 23.0. The van der Waals surface area contributed by atoms with Crippen LogP contribution < -0.4 is 31.9 Å². The first-order valence-electron chi connectivity index (χ1n) is 32.7. The molecule has 16 heteroatoms. The molecule has 0 spiro atoms. The summed E-state index contributed by atoms with van der Waals surface area (Å²) in [6.07, 6.45) is 27.1. The molecule has 2 aromatic heterocycles. The van der Waals surface area contributed by atoms with E-state index in [1.807, 2.05) is 0 Å². The van der Waals surface area contributed by atoms with Crippen LogP contribution in [-0.4, -0.2) is 132 Å². The van der Waals surface area contributed by atoms with Crippen LogP contribution >= 0.6 is 0 Å². The maximum atomic E-state index is 5.21. The predicted octanol–water partition coefficient (Wildman–Crippen LogP) is 15.5. The molecule has 2 aromatic rings. The Morgan fingerprint density at radius 1 is 0.300 bits per heavy atom. The van der Waals surface area contributed by atoms with E-state index in [1.165, 1.54) is 77.0 Å². The standard InChI is InChI=1S/C64H122N16/c1-21-33-47(77-57(5,6)37-29-38-58(77,7)8)67-53-71-51(72-54(75-53)68-48(34-22-2)78-59(9,10)39-30-40-60(78,11)12)65-45-27-25-26-28-46-66-52-73-55(69-49(35-23-3)79-61(13,14)41-31-42-62(79,15)16)76-56(74-52)70-50(36-24-4)80-63(17,18)43-32-44-64(80,19)20/h47-50H,21-46H2,1-20H3,(H3,65,67,68,71,72,75)(H3,66,69,70,73,74,76). The first kappa shape index (κ1) is 65.8. The van der Waals surface area contributed by atoms with Gasteiger partial charge in [0.1, 0.15) is 0 Å². The fourth-order valence-corrected chi connectivity index (χ4v) is 16.4. The summed E-state index contributed by atoms with van der Waals surface area (Å²) in [7, 11) is 0. The zero-order chi connectivity index (χ0) is 59.0. The molecule has 0 aliphatic carbocycles. The van der Waals surface area contributed by atoms with Crippen molar-refractivity contribution in [2.24, 2.45) is 0 Å². The third-order valence-electron chi connectivity index (χ3n) is 19.1. The van der Waals surface area contributed by atoms with Gasteiger partial charge in [-0.1, -0.05) is 66.2 Å². The van der Waals surface area contributed by atoms with Crippen molar-refractivity contribution in [3.8, 4) is 0 Å². The fourth-order valence-electron chi connectivity index (χ4n) is 16.4. The summed E-state index contributed by atoms with van der Waals surface area (Å²) in [6, 6.07) is 0. The Balaban J connectivity index is 1.17. The SMILES string of the molecule is CCCC(Nc1nc(NCCCCCCNc2nc(NC(CCC)N3C(C)(C)CCCC3(C)C)nc(NC(CCC)N3C(C)(C)CCCC3(C)C)n2)nc(NC(CCC)N2C(C)(C)CCCC2(C)C)n1)N1C(C)(C)CCCC1(C)C. The zero-order valence-corrected chi connectivity index (χ0v) is 55.2. The van der Waals surface area contributed by atoms with E-state index >= 15 is 0 Å². The summed E-state index contributed by atoms with van der Waals surface area (Å²) >= 11 is 0. The molecule has 0 saturated carbocycles. The number of anilines is 6. The van der Waals surface area contributed by atoms with Gasteiger partial charge in [-0.15, -0.1) is 0 Å². The smallest absolute Gasteiger partial charge is 0.230 e. The van der Waals surface area contributed by atoms with Crippen LogP contribution in [0.2, 0.25) is 0 Å². The fraction of sp³-hybridized carbons (Fsp3) is 0.906. The Morgan fingerprint density at radius 2 is 0.487 bits per heavy atom. The molecule has 4 aliphatic rings. The summed E-state index contributed by atoms with van der Waals surface area (Å²) in [6.45, 7) is 49.3. The summed E-state index contributed by atoms with van der Waals surface area (Å²) in [5.74, 6) is 3.78. The molecule has 458 valence electrons. The molecule has 0 aromatic carbocycles. The van der Waals surface area contributed by atoms with Crippen LogP contribution in [-0.2, 0) is 0 Å². The van der Waals surface area contributed by atoms with Crippen molar-refractivity contribution < 1.29 is 0 Å². The second-order valence-corrected chi connectivity index (χ2v) is 30.1. The van der Waals surface area contributed by atoms with Crippen LogP contribution in [0.15, 0.2) is 0 Å². The van der Waals surface area contributed by atoms with Gasteiger partial charge in [-0.3, -0.25) is 19.6 Å². The molecule has 6 N–H and O–H groups in total. The molecule has 4 aliphatic heterocycles. The molecule has 6 rings (SSSR count). The van der Waals surface area contributed by atoms with Gasteiger partial charge in [0.05, 0.1) is 24.7 Å². The largest absolute Gasteiger partial charge is 0.354 e. The molecule has 4 saturated heterocycles. The van der Waals surface area contributed by atoms with E-state index in [0.717, 1.165) is 90.1 Å². The van der Waals surface area contributed by atoms with Crippen LogP contribution in [0.25, 0.3) is 0 Å². The second-order valence-electron chi connectivity index (χ2n) is 30.1. The molecule has 0 bridgehead atoms. The molecular formula is C64H122N16. The Bertz CT molecular complexity index is 1870. The maximum absolute atomic E-state index is 5.21. The Labute approximate surface area is 489 Å². The molecule has 16 nitrogen and oxygen atoms in total. The van der Waals surface area contributed by atoms with E-state index in [4.69, 9.17) is 29.9 Å². The number of piperidine rings is 4. The lowest BCUT2D eigenvalue weighted by atomic mass is 9.79. The van der Waals surface area contributed by atoms with Crippen LogP contribution in [0.5, 0.6) is 0 Å². The van der Waals surface area contributed by atoms with Crippen molar-refractivity contribution in [1.29, 1.82) is 0 Å². The monoisotopic (exact) mass is 1120 g/mol. The number of unbranched alkanes of at least 4 members (excludes halogenated alkanes) is 3. The average Bonchev–Trinajstić information content (AvgIpc) is 3.51. The first-order chi connectivity index (χ1) is 37.4. The highest BCUT2D eigenvalue weighted by Crippen LogP contribution is 2.45. The third kappa shape index (κ3) is 16.7. The molecule has 4 fully saturated rings. The minimum Gasteiger partial charge on any atom is -0.354 e. The van der Waals surface area contributed by atoms with Crippen molar-refractivity contribution in [2.45, 2.75) is 362 Å². The molecule has 0 radical (unpaired) electrons. The quantitative estimate of drug-likeness (QED) is 0.0426. The summed E-state index contributed by atoms with van der Waals surface area (Å²) in [5.41, 5.74) is 0.351. The average molecular weight is 1120 g/mol. The van der Waals surface area contributed by atoms with Gasteiger partial charge in [-0.05, 0) is 226 Å². The van der Waals surface area contributed by atoms with E-state index in [2.05, 4.69) is 190 Å². The molecule has 4 unspecified atom stereocenters. The van der Waals surface area contributed by atoms with Crippen molar-refractivity contribution in [3.05, 3.63) is 0 Å². The topological polar surface area (TPSA) is 162 Å². The number of nitrogens with one attached hydrogen (secondary N) is 6. The van der Waals surface area contributed by atoms with Crippen LogP contribution in [0.4, 0.5) is 35.7 Å². The van der Waals surface area contributed by atoms with Gasteiger partial charge in [0.15, 0.2) is 0 Å². The van der Waals surface area contributed by atoms with Crippen LogP contribution in [0.3, 0.4) is 0 Å². The lowest BCUT2D eigenvalue weighted by molar-refractivity contribution is -0.0563. The van der Waals surface area contributed by atoms with Crippen molar-refractivity contribution in [1.82, 2.24) is 49.5 Å². The van der Waals surface area contributed by atoms with Gasteiger partial charge in [0.2, 0.25) is 35.7 Å². The van der Waals surface area contributed by atoms with Crippen molar-refractivity contribution in [2.75, 3.05) is 45.0 Å². The molecule has 6 heterocycles. The summed E-state index contributed by atoms with van der Waals surface area (Å²) in [4.78, 5) is 41.8. The van der Waals surface area contributed by atoms with Crippen molar-refractivity contribution in [3.63, 3.8) is 0 Å². The normalized spacial score (nSPS) is 24.0. The Kier molecular flexibility index (Phi) is 22.3. The maximum Gasteiger partial charge on any atom is 0.230 e. The molecule has 80 heavy (non-hydrogen) atoms. The molecule has 0 amide bonds. The number of likely N-dealkylation sites (tertiary alicyclic amines) is 4. The van der Waals surface area contributed by atoms with Crippen LogP contribution in [0.1, 0.15) is 293 Å². The van der Waals surface area contributed by atoms with Crippen LogP contribution in [0, 0.1) is 0 Å². The van der Waals surface area contributed by atoms with Gasteiger partial charge >= 0.3 is 0 Å². The highest BCUT2D eigenvalue weighted by molar-refractivity contribution is 5.45. The van der Waals surface area contributed by atoms with Gasteiger partial charge in [0.25, 0.3) is 0 Å². The summed E-state index contributed by atoms with van der Waals surface area (Å²) < 4.78 is 0. The second kappa shape index (κ2) is 27.1. The van der Waals surface area contributed by atoms with E-state index in [0.29, 0.717) is 35.7 Å². The van der Waals surface area contributed by atoms with E-state index in [-0.39, 0.29) is 69.0 Å². The number of rotatable bonds is 29. The predicted molar refractivity (Wildman–Crippen MR) is 340 cm³/mol. The van der Waals surface area contributed by atoms with E-state index in [1.54, 1.807) is 0 Å². The van der Waals surface area contributed by atoms with Gasteiger partial charge in [-0.25, -0.2) is 0 Å². The first-order valence-corrected chi connectivity index (χ1v) is 32.7. The minimum atomic E-state index is 0.0439. The lowest BCUT2D eigenvalue weighted by Gasteiger charge is -2.56. The van der Waals surface area contributed by atoms with Gasteiger partial charge < -0.3 is 31.9 Å². The number of hydrogen-bond donors (Lipinski definition) is 6. The highest BCUT2D eigenvalue weighted by atomic mass is 15.4. The van der Waals surface area contributed by atoms with Crippen molar-refractivity contribution >= 4 is 35.7 Å². The Morgan fingerprint density at radius 3 is 0.675 bits per heavy atom. The third-order valence-corrected chi connectivity index (χ3v) is 19.1. The number of nitrogens with zero attached hydrogens (tertiary/aromatic N) is 10. The molecular weight excluding hydrogens is 993 g/mol. The molecule has 4 atom stereocenters. The number of aromatic nitrogens is 6. The highest BCUT2D eigenvalue weighted by Gasteiger charge is 2.49. The number of hydrogen-bond acceptors (Lipinski definition) is 16. The van der Waals surface area contributed by atoms with Gasteiger partial charge in [-0.2, -0.15) is 29.9 Å². The van der Waals surface area contributed by atoms with E-state index in [9.17, 15) is 0 Å². The Hall–Kier alpha value is -3.34. The van der Waals surface area contributed by atoms with Gasteiger partial charge in [0, 0.05) is 57.4 Å². The minimum absolute atomic E-state index is 0.0439.